The zero-order valence-electron chi connectivity index (χ0n) is 10.9. The summed E-state index contributed by atoms with van der Waals surface area (Å²) in [5.74, 6) is -0.0227. The van der Waals surface area contributed by atoms with Gasteiger partial charge in [-0.25, -0.2) is 0 Å². The molecule has 0 bridgehead atoms. The Hall–Kier alpha value is -1.82. The van der Waals surface area contributed by atoms with Crippen molar-refractivity contribution in [1.29, 1.82) is 0 Å². The average Bonchev–Trinajstić information content (AvgIpc) is 2.91. The van der Waals surface area contributed by atoms with E-state index >= 15 is 0 Å². The van der Waals surface area contributed by atoms with Crippen molar-refractivity contribution in [2.45, 2.75) is 26.4 Å². The molecule has 0 spiro atoms. The number of rotatable bonds is 5. The molecule has 0 aliphatic heterocycles. The van der Waals surface area contributed by atoms with Gasteiger partial charge in [0.25, 0.3) is 0 Å². The molecule has 2 rings (SSSR count). The van der Waals surface area contributed by atoms with Gasteiger partial charge in [-0.15, -0.1) is 0 Å². The van der Waals surface area contributed by atoms with E-state index in [0.717, 1.165) is 11.4 Å². The molecule has 0 saturated heterocycles. The molecular weight excluding hydrogens is 266 g/mol. The monoisotopic (exact) mass is 281 g/mol. The summed E-state index contributed by atoms with van der Waals surface area (Å²) in [5, 5.41) is 11.7. The summed E-state index contributed by atoms with van der Waals surface area (Å²) in [6.07, 6.45) is 3.80. The number of nitrogens with one attached hydrogen (secondary N) is 1. The molecule has 0 fully saturated rings. The lowest BCUT2D eigenvalue weighted by atomic mass is 10.3. The Morgan fingerprint density at radius 2 is 2.32 bits per heavy atom. The topological polar surface area (TPSA) is 64.7 Å². The van der Waals surface area contributed by atoms with Gasteiger partial charge in [-0.1, -0.05) is 11.6 Å². The van der Waals surface area contributed by atoms with Crippen molar-refractivity contribution in [2.75, 3.05) is 0 Å². The lowest BCUT2D eigenvalue weighted by molar-refractivity contribution is -0.121. The third-order valence-electron chi connectivity index (χ3n) is 2.84. The highest BCUT2D eigenvalue weighted by Gasteiger charge is 2.06. The number of carbonyl (C=O) groups is 1. The fourth-order valence-electron chi connectivity index (χ4n) is 1.68. The number of hydrogen-bond acceptors (Lipinski definition) is 3. The van der Waals surface area contributed by atoms with Gasteiger partial charge in [0.2, 0.25) is 5.91 Å². The standard InChI is InChI=1S/C12H16ClN5O/c1-9-11(13)8-18(16-9)6-4-12(19)14-7-10-3-5-15-17(10)2/h3,5,8H,4,6-7H2,1-2H3,(H,14,19). The number of carbonyl (C=O) groups excluding carboxylic acids is 1. The molecule has 2 aromatic heterocycles. The van der Waals surface area contributed by atoms with Gasteiger partial charge < -0.3 is 5.32 Å². The maximum absolute atomic E-state index is 11.7. The summed E-state index contributed by atoms with van der Waals surface area (Å²) >= 11 is 5.90. The molecule has 0 unspecified atom stereocenters. The van der Waals surface area contributed by atoms with Crippen molar-refractivity contribution in [3.63, 3.8) is 0 Å². The summed E-state index contributed by atoms with van der Waals surface area (Å²) < 4.78 is 3.41. The predicted molar refractivity (Wildman–Crippen MR) is 71.6 cm³/mol. The van der Waals surface area contributed by atoms with Crippen LogP contribution in [-0.2, 0) is 24.9 Å². The highest BCUT2D eigenvalue weighted by Crippen LogP contribution is 2.12. The Balaban J connectivity index is 1.77. The molecule has 1 amide bonds. The maximum atomic E-state index is 11.7. The van der Waals surface area contributed by atoms with Crippen LogP contribution in [0.4, 0.5) is 0 Å². The number of aryl methyl sites for hydroxylation is 3. The fourth-order valence-corrected chi connectivity index (χ4v) is 1.83. The third kappa shape index (κ3) is 3.57. The summed E-state index contributed by atoms with van der Waals surface area (Å²) in [6, 6.07) is 1.87. The van der Waals surface area contributed by atoms with E-state index in [1.54, 1.807) is 21.8 Å². The minimum atomic E-state index is -0.0227. The van der Waals surface area contributed by atoms with Gasteiger partial charge in [0, 0.05) is 32.4 Å². The van der Waals surface area contributed by atoms with Crippen molar-refractivity contribution < 1.29 is 4.79 Å². The van der Waals surface area contributed by atoms with Crippen molar-refractivity contribution in [1.82, 2.24) is 24.9 Å². The largest absolute Gasteiger partial charge is 0.350 e. The van der Waals surface area contributed by atoms with Gasteiger partial charge in [-0.05, 0) is 13.0 Å². The summed E-state index contributed by atoms with van der Waals surface area (Å²) in [6.45, 7) is 2.83. The zero-order valence-corrected chi connectivity index (χ0v) is 11.7. The number of halogens is 1. The van der Waals surface area contributed by atoms with Crippen LogP contribution < -0.4 is 5.32 Å². The minimum absolute atomic E-state index is 0.0227. The molecule has 2 heterocycles. The molecule has 6 nitrogen and oxygen atoms in total. The van der Waals surface area contributed by atoms with Gasteiger partial charge in [0.15, 0.2) is 0 Å². The molecule has 2 aromatic rings. The fraction of sp³-hybridized carbons (Fsp3) is 0.417. The summed E-state index contributed by atoms with van der Waals surface area (Å²) in [4.78, 5) is 11.7. The van der Waals surface area contributed by atoms with E-state index in [1.807, 2.05) is 20.0 Å². The highest BCUT2D eigenvalue weighted by molar-refractivity contribution is 6.31. The van der Waals surface area contributed by atoms with Gasteiger partial charge in [0.05, 0.1) is 23.0 Å². The maximum Gasteiger partial charge on any atom is 0.222 e. The quantitative estimate of drug-likeness (QED) is 0.898. The van der Waals surface area contributed by atoms with Gasteiger partial charge in [0.1, 0.15) is 0 Å². The van der Waals surface area contributed by atoms with Crippen LogP contribution in [0.5, 0.6) is 0 Å². The van der Waals surface area contributed by atoms with Crippen LogP contribution in [0.2, 0.25) is 5.02 Å². The predicted octanol–water partition coefficient (Wildman–Crippen LogP) is 1.28. The van der Waals surface area contributed by atoms with Crippen molar-refractivity contribution in [2.24, 2.45) is 7.05 Å². The van der Waals surface area contributed by atoms with Crippen LogP contribution in [0.25, 0.3) is 0 Å². The second-order valence-electron chi connectivity index (χ2n) is 4.30. The Kier molecular flexibility index (Phi) is 4.21. The van der Waals surface area contributed by atoms with Crippen LogP contribution in [0.1, 0.15) is 17.8 Å². The second kappa shape index (κ2) is 5.88. The van der Waals surface area contributed by atoms with Crippen LogP contribution in [-0.4, -0.2) is 25.5 Å². The molecule has 1 N–H and O–H groups in total. The molecule has 0 atom stereocenters. The van der Waals surface area contributed by atoms with E-state index in [4.69, 9.17) is 11.6 Å². The molecule has 0 saturated carbocycles. The molecular formula is C12H16ClN5O. The number of nitrogens with zero attached hydrogens (tertiary/aromatic N) is 4. The first kappa shape index (κ1) is 13.6. The van der Waals surface area contributed by atoms with E-state index in [0.29, 0.717) is 24.5 Å². The van der Waals surface area contributed by atoms with E-state index in [1.165, 1.54) is 0 Å². The Bertz CT molecular complexity index is 555. The Labute approximate surface area is 116 Å². The normalized spacial score (nSPS) is 10.7. The third-order valence-corrected chi connectivity index (χ3v) is 3.21. The second-order valence-corrected chi connectivity index (χ2v) is 4.71. The summed E-state index contributed by atoms with van der Waals surface area (Å²) in [7, 11) is 1.84. The van der Waals surface area contributed by atoms with Crippen LogP contribution in [0.3, 0.4) is 0 Å². The smallest absolute Gasteiger partial charge is 0.222 e. The highest BCUT2D eigenvalue weighted by atomic mass is 35.5. The van der Waals surface area contributed by atoms with Gasteiger partial charge >= 0.3 is 0 Å². The van der Waals surface area contributed by atoms with Gasteiger partial charge in [-0.2, -0.15) is 10.2 Å². The molecule has 7 heteroatoms. The van der Waals surface area contributed by atoms with Crippen LogP contribution in [0, 0.1) is 6.92 Å². The minimum Gasteiger partial charge on any atom is -0.350 e. The van der Waals surface area contributed by atoms with Crippen LogP contribution >= 0.6 is 11.6 Å². The van der Waals surface area contributed by atoms with Crippen molar-refractivity contribution in [3.8, 4) is 0 Å². The number of aromatic nitrogens is 4. The Morgan fingerprint density at radius 1 is 1.53 bits per heavy atom. The van der Waals surface area contributed by atoms with E-state index in [9.17, 15) is 4.79 Å². The lowest BCUT2D eigenvalue weighted by Gasteiger charge is -2.05. The van der Waals surface area contributed by atoms with Crippen LogP contribution in [0.15, 0.2) is 18.5 Å². The summed E-state index contributed by atoms with van der Waals surface area (Å²) in [5.41, 5.74) is 1.74. The van der Waals surface area contributed by atoms with E-state index < -0.39 is 0 Å². The van der Waals surface area contributed by atoms with E-state index in [2.05, 4.69) is 15.5 Å². The SMILES string of the molecule is Cc1nn(CCC(=O)NCc2ccnn2C)cc1Cl. The first-order valence-electron chi connectivity index (χ1n) is 5.99. The van der Waals surface area contributed by atoms with Crippen molar-refractivity contribution in [3.05, 3.63) is 34.9 Å². The molecule has 19 heavy (non-hydrogen) atoms. The first-order valence-corrected chi connectivity index (χ1v) is 6.37. The molecule has 0 aliphatic rings. The molecule has 102 valence electrons. The lowest BCUT2D eigenvalue weighted by Crippen LogP contribution is -2.25. The number of amides is 1. The number of hydrogen-bond donors (Lipinski definition) is 1. The molecule has 0 aromatic carbocycles. The van der Waals surface area contributed by atoms with E-state index in [-0.39, 0.29) is 5.91 Å². The van der Waals surface area contributed by atoms with Crippen molar-refractivity contribution >= 4 is 17.5 Å². The first-order chi connectivity index (χ1) is 9.06. The molecule has 0 radical (unpaired) electrons. The van der Waals surface area contributed by atoms with Gasteiger partial charge in [-0.3, -0.25) is 14.2 Å². The molecule has 0 aliphatic carbocycles. The average molecular weight is 282 g/mol. The Morgan fingerprint density at radius 3 is 2.89 bits per heavy atom. The zero-order chi connectivity index (χ0) is 13.8.